The zero-order valence-corrected chi connectivity index (χ0v) is 26.9. The van der Waals surface area contributed by atoms with Gasteiger partial charge in [-0.1, -0.05) is 50.8 Å². The number of piperidine rings is 1. The van der Waals surface area contributed by atoms with Gasteiger partial charge >= 0.3 is 0 Å². The van der Waals surface area contributed by atoms with Crippen LogP contribution in [0.4, 0.5) is 0 Å². The monoisotopic (exact) mass is 594 g/mol. The van der Waals surface area contributed by atoms with Gasteiger partial charge in [-0.2, -0.15) is 0 Å². The first-order valence-corrected chi connectivity index (χ1v) is 15.7. The minimum absolute atomic E-state index is 0.0256. The average Bonchev–Trinajstić information content (AvgIpc) is 3.33. The van der Waals surface area contributed by atoms with Gasteiger partial charge < -0.3 is 14.2 Å². The third-order valence-corrected chi connectivity index (χ3v) is 9.11. The maximum atomic E-state index is 13.6. The van der Waals surface area contributed by atoms with E-state index in [-0.39, 0.29) is 17.1 Å². The molecule has 0 saturated carbocycles. The predicted octanol–water partition coefficient (Wildman–Crippen LogP) is 7.75. The minimum Gasteiger partial charge on any atom is -0.497 e. The number of pyridine rings is 1. The molecule has 1 saturated heterocycles. The SMILES string of the molecule is C=C/C=C(\C=C/C)CN1CCC(CC2Cc3cc(OC)c(OCC(C)(C)c4ccc5cc(OC)ccc5n4)cc3C2=O)CC1. The summed E-state index contributed by atoms with van der Waals surface area (Å²) in [7, 11) is 3.33. The number of hydrogen-bond acceptors (Lipinski definition) is 6. The van der Waals surface area contributed by atoms with Crippen molar-refractivity contribution >= 4 is 16.7 Å². The second-order valence-corrected chi connectivity index (χ2v) is 12.8. The Balaban J connectivity index is 1.22. The standard InChI is InChI=1S/C38H46N2O4/c1-7-9-27(10-8-2)24-40-17-15-26(16-18-40)19-30-20-29-22-34(43-6)35(23-32(29)37(30)41)44-25-38(3,4)36-14-11-28-21-31(42-5)12-13-33(28)39-36/h7-14,21-23,26,30H,1,15-20,24-25H2,2-6H3/b10-8-,27-9+. The van der Waals surface area contributed by atoms with Crippen LogP contribution in [-0.2, 0) is 11.8 Å². The van der Waals surface area contributed by atoms with Crippen LogP contribution in [0.25, 0.3) is 10.9 Å². The number of benzene rings is 2. The normalized spacial score (nSPS) is 18.2. The number of ether oxygens (including phenoxy) is 3. The van der Waals surface area contributed by atoms with Gasteiger partial charge in [0.05, 0.1) is 32.0 Å². The second-order valence-electron chi connectivity index (χ2n) is 12.8. The summed E-state index contributed by atoms with van der Waals surface area (Å²) in [6.45, 7) is 13.6. The third-order valence-electron chi connectivity index (χ3n) is 9.11. The molecule has 0 spiro atoms. The molecule has 1 unspecified atom stereocenters. The van der Waals surface area contributed by atoms with Crippen LogP contribution >= 0.6 is 0 Å². The van der Waals surface area contributed by atoms with Crippen LogP contribution in [0.1, 0.15) is 61.6 Å². The van der Waals surface area contributed by atoms with Crippen molar-refractivity contribution in [3.8, 4) is 17.2 Å². The summed E-state index contributed by atoms with van der Waals surface area (Å²) < 4.78 is 17.5. The first kappa shape index (κ1) is 31.5. The lowest BCUT2D eigenvalue weighted by Crippen LogP contribution is -2.35. The molecule has 0 amide bonds. The third kappa shape index (κ3) is 7.07. The van der Waals surface area contributed by atoms with E-state index in [1.165, 1.54) is 5.57 Å². The topological polar surface area (TPSA) is 60.9 Å². The number of aromatic nitrogens is 1. The van der Waals surface area contributed by atoms with Gasteiger partial charge in [-0.05, 0) is 99.1 Å². The lowest BCUT2D eigenvalue weighted by Gasteiger charge is -2.33. The number of carbonyl (C=O) groups is 1. The van der Waals surface area contributed by atoms with Gasteiger partial charge in [0.2, 0.25) is 0 Å². The van der Waals surface area contributed by atoms with Crippen molar-refractivity contribution in [2.75, 3.05) is 40.5 Å². The van der Waals surface area contributed by atoms with E-state index in [0.29, 0.717) is 24.0 Å². The van der Waals surface area contributed by atoms with Crippen LogP contribution in [0.15, 0.2) is 78.9 Å². The van der Waals surface area contributed by atoms with E-state index < -0.39 is 0 Å². The van der Waals surface area contributed by atoms with Crippen LogP contribution in [0, 0.1) is 11.8 Å². The number of nitrogens with zero attached hydrogens (tertiary/aromatic N) is 2. The van der Waals surface area contributed by atoms with Crippen LogP contribution in [0.3, 0.4) is 0 Å². The highest BCUT2D eigenvalue weighted by Gasteiger charge is 2.35. The van der Waals surface area contributed by atoms with E-state index in [2.05, 4.69) is 49.6 Å². The zero-order chi connectivity index (χ0) is 31.3. The smallest absolute Gasteiger partial charge is 0.166 e. The van der Waals surface area contributed by atoms with Crippen molar-refractivity contribution in [3.05, 3.63) is 95.7 Å². The van der Waals surface area contributed by atoms with E-state index in [1.807, 2.05) is 49.4 Å². The summed E-state index contributed by atoms with van der Waals surface area (Å²) >= 11 is 0. The molecule has 0 N–H and O–H groups in total. The van der Waals surface area contributed by atoms with Gasteiger partial charge in [-0.3, -0.25) is 14.7 Å². The van der Waals surface area contributed by atoms with Gasteiger partial charge in [0.25, 0.3) is 0 Å². The average molecular weight is 595 g/mol. The fourth-order valence-electron chi connectivity index (χ4n) is 6.55. The fraction of sp³-hybridized carbons (Fsp3) is 0.421. The van der Waals surface area contributed by atoms with Gasteiger partial charge in [0.15, 0.2) is 17.3 Å². The van der Waals surface area contributed by atoms with Crippen LogP contribution < -0.4 is 14.2 Å². The molecule has 2 aromatic carbocycles. The highest BCUT2D eigenvalue weighted by atomic mass is 16.5. The van der Waals surface area contributed by atoms with Crippen LogP contribution in [0.2, 0.25) is 0 Å². The number of fused-ring (bicyclic) bond motifs is 2. The Morgan fingerprint density at radius 1 is 1.07 bits per heavy atom. The van der Waals surface area contributed by atoms with Gasteiger partial charge in [0.1, 0.15) is 5.75 Å². The first-order chi connectivity index (χ1) is 21.2. The van der Waals surface area contributed by atoms with Gasteiger partial charge in [0, 0.05) is 28.8 Å². The Labute approximate surface area is 262 Å². The maximum Gasteiger partial charge on any atom is 0.166 e. The second kappa shape index (κ2) is 13.8. The molecule has 44 heavy (non-hydrogen) atoms. The van der Waals surface area contributed by atoms with Crippen molar-refractivity contribution in [3.63, 3.8) is 0 Å². The number of methoxy groups -OCH3 is 2. The summed E-state index contributed by atoms with van der Waals surface area (Å²) in [5.41, 5.74) is 4.62. The molecule has 2 aliphatic rings. The number of hydrogen-bond donors (Lipinski definition) is 0. The molecule has 0 bridgehead atoms. The molecular formula is C38H46N2O4. The Bertz CT molecular complexity index is 1560. The Hall–Kier alpha value is -3.90. The molecule has 1 atom stereocenters. The molecule has 1 aromatic heterocycles. The van der Waals surface area contributed by atoms with E-state index in [0.717, 1.165) is 78.8 Å². The number of Topliss-reactive ketones (excluding diaryl/α,β-unsaturated/α-hetero) is 1. The van der Waals surface area contributed by atoms with Gasteiger partial charge in [-0.15, -0.1) is 0 Å². The van der Waals surface area contributed by atoms with Crippen LogP contribution in [0.5, 0.6) is 17.2 Å². The molecule has 1 aliphatic carbocycles. The highest BCUT2D eigenvalue weighted by molar-refractivity contribution is 6.03. The molecule has 6 nitrogen and oxygen atoms in total. The molecule has 6 heteroatoms. The Kier molecular flexibility index (Phi) is 9.90. The summed E-state index contributed by atoms with van der Waals surface area (Å²) in [5, 5.41) is 1.03. The number of likely N-dealkylation sites (tertiary alicyclic amines) is 1. The summed E-state index contributed by atoms with van der Waals surface area (Å²) in [5.74, 6) is 2.92. The lowest BCUT2D eigenvalue weighted by molar-refractivity contribution is 0.0899. The molecule has 2 heterocycles. The van der Waals surface area contributed by atoms with Crippen LogP contribution in [-0.4, -0.2) is 56.1 Å². The minimum atomic E-state index is -0.366. The fourth-order valence-corrected chi connectivity index (χ4v) is 6.55. The maximum absolute atomic E-state index is 13.6. The molecule has 1 aliphatic heterocycles. The zero-order valence-electron chi connectivity index (χ0n) is 26.9. The van der Waals surface area contributed by atoms with Crippen molar-refractivity contribution < 1.29 is 19.0 Å². The Morgan fingerprint density at radius 2 is 1.86 bits per heavy atom. The van der Waals surface area contributed by atoms with E-state index >= 15 is 0 Å². The molecule has 5 rings (SSSR count). The van der Waals surface area contributed by atoms with E-state index in [9.17, 15) is 4.79 Å². The van der Waals surface area contributed by atoms with Crippen molar-refractivity contribution in [2.45, 2.75) is 51.9 Å². The summed E-state index contributed by atoms with van der Waals surface area (Å²) in [6, 6.07) is 13.9. The predicted molar refractivity (Wildman–Crippen MR) is 178 cm³/mol. The number of rotatable bonds is 12. The molecule has 0 radical (unpaired) electrons. The van der Waals surface area contributed by atoms with Crippen molar-refractivity contribution in [2.24, 2.45) is 11.8 Å². The van der Waals surface area contributed by atoms with E-state index in [4.69, 9.17) is 19.2 Å². The molecule has 3 aromatic rings. The number of allylic oxidation sites excluding steroid dienone is 3. The van der Waals surface area contributed by atoms with Crippen molar-refractivity contribution in [1.82, 2.24) is 9.88 Å². The number of carbonyl (C=O) groups excluding carboxylic acids is 1. The summed E-state index contributed by atoms with van der Waals surface area (Å²) in [6.07, 6.45) is 12.2. The van der Waals surface area contributed by atoms with E-state index in [1.54, 1.807) is 14.2 Å². The molecular weight excluding hydrogens is 548 g/mol. The quantitative estimate of drug-likeness (QED) is 0.200. The molecule has 232 valence electrons. The highest BCUT2D eigenvalue weighted by Crippen LogP contribution is 2.40. The van der Waals surface area contributed by atoms with Gasteiger partial charge in [-0.25, -0.2) is 0 Å². The largest absolute Gasteiger partial charge is 0.497 e. The number of ketones is 1. The Morgan fingerprint density at radius 3 is 2.57 bits per heavy atom. The first-order valence-electron chi connectivity index (χ1n) is 15.7. The molecule has 1 fully saturated rings. The summed E-state index contributed by atoms with van der Waals surface area (Å²) in [4.78, 5) is 21.0. The lowest BCUT2D eigenvalue weighted by atomic mass is 9.85. The van der Waals surface area contributed by atoms with Crippen molar-refractivity contribution in [1.29, 1.82) is 0 Å².